The van der Waals surface area contributed by atoms with Crippen LogP contribution in [0.3, 0.4) is 0 Å². The molecule has 0 spiro atoms. The number of hydrogen-bond donors (Lipinski definition) is 2. The summed E-state index contributed by atoms with van der Waals surface area (Å²) in [5, 5.41) is 11.9. The van der Waals surface area contributed by atoms with E-state index in [0.29, 0.717) is 18.1 Å². The molecular formula is C12H13N3O3. The quantitative estimate of drug-likeness (QED) is 0.839. The van der Waals surface area contributed by atoms with Crippen molar-refractivity contribution in [3.63, 3.8) is 0 Å². The number of carbonyl (C=O) groups is 1. The van der Waals surface area contributed by atoms with Gasteiger partial charge in [-0.25, -0.2) is 9.78 Å². The summed E-state index contributed by atoms with van der Waals surface area (Å²) in [5.74, 6) is 0.324. The number of rotatable bonds is 5. The maximum atomic E-state index is 11.0. The van der Waals surface area contributed by atoms with Crippen molar-refractivity contribution in [3.8, 4) is 0 Å². The first-order chi connectivity index (χ1) is 8.70. The number of carboxylic acids is 1. The van der Waals surface area contributed by atoms with Gasteiger partial charge in [0.2, 0.25) is 5.89 Å². The second kappa shape index (κ2) is 5.31. The van der Waals surface area contributed by atoms with Crippen LogP contribution < -0.4 is 5.32 Å². The number of pyridine rings is 1. The Bertz CT molecular complexity index is 551. The van der Waals surface area contributed by atoms with Crippen molar-refractivity contribution in [3.05, 3.63) is 41.9 Å². The van der Waals surface area contributed by atoms with Gasteiger partial charge in [-0.15, -0.1) is 0 Å². The Morgan fingerprint density at radius 1 is 1.50 bits per heavy atom. The van der Waals surface area contributed by atoms with E-state index in [1.54, 1.807) is 6.20 Å². The van der Waals surface area contributed by atoms with Crippen molar-refractivity contribution in [2.24, 2.45) is 0 Å². The molecule has 6 heteroatoms. The summed E-state index contributed by atoms with van der Waals surface area (Å²) in [6.45, 7) is 2.30. The first-order valence-electron chi connectivity index (χ1n) is 5.55. The average molecular weight is 247 g/mol. The predicted molar refractivity (Wildman–Crippen MR) is 64.4 cm³/mol. The van der Waals surface area contributed by atoms with Crippen LogP contribution in [0.15, 0.2) is 29.1 Å². The molecular weight excluding hydrogens is 234 g/mol. The van der Waals surface area contributed by atoms with Gasteiger partial charge in [0.15, 0.2) is 0 Å². The highest BCUT2D eigenvalue weighted by atomic mass is 16.4. The highest BCUT2D eigenvalue weighted by molar-refractivity contribution is 5.93. The van der Waals surface area contributed by atoms with Gasteiger partial charge in [0, 0.05) is 12.6 Å². The molecule has 0 unspecified atom stereocenters. The molecule has 2 heterocycles. The number of aromatic carboxylic acids is 1. The summed E-state index contributed by atoms with van der Waals surface area (Å²) >= 11 is 0. The Kier molecular flexibility index (Phi) is 3.57. The van der Waals surface area contributed by atoms with E-state index < -0.39 is 5.97 Å². The van der Waals surface area contributed by atoms with Crippen LogP contribution in [0.2, 0.25) is 0 Å². The molecule has 2 N–H and O–H groups in total. The molecule has 94 valence electrons. The number of aryl methyl sites for hydroxylation is 1. The lowest BCUT2D eigenvalue weighted by Crippen LogP contribution is -2.06. The predicted octanol–water partition coefficient (Wildman–Crippen LogP) is 1.94. The van der Waals surface area contributed by atoms with Gasteiger partial charge in [0.25, 0.3) is 0 Å². The van der Waals surface area contributed by atoms with Crippen LogP contribution in [-0.4, -0.2) is 21.0 Å². The summed E-state index contributed by atoms with van der Waals surface area (Å²) in [5.41, 5.74) is 0.619. The van der Waals surface area contributed by atoms with Crippen LogP contribution in [-0.2, 0) is 13.0 Å². The molecule has 0 aliphatic heterocycles. The van der Waals surface area contributed by atoms with Gasteiger partial charge in [0.05, 0.1) is 30.2 Å². The minimum absolute atomic E-state index is 0.173. The second-order valence-electron chi connectivity index (χ2n) is 3.65. The van der Waals surface area contributed by atoms with Gasteiger partial charge in [-0.2, -0.15) is 0 Å². The van der Waals surface area contributed by atoms with Crippen molar-refractivity contribution in [2.45, 2.75) is 19.9 Å². The van der Waals surface area contributed by atoms with Gasteiger partial charge in [-0.1, -0.05) is 6.92 Å². The Balaban J connectivity index is 2.08. The van der Waals surface area contributed by atoms with Crippen molar-refractivity contribution < 1.29 is 14.3 Å². The molecule has 0 aliphatic rings. The number of nitrogens with one attached hydrogen (secondary N) is 1. The molecule has 6 nitrogen and oxygen atoms in total. The summed E-state index contributed by atoms with van der Waals surface area (Å²) in [6, 6.07) is 1.44. The molecule has 0 bridgehead atoms. The number of oxazole rings is 1. The average Bonchev–Trinajstić information content (AvgIpc) is 2.84. The number of anilines is 1. The highest BCUT2D eigenvalue weighted by Crippen LogP contribution is 2.14. The third-order valence-corrected chi connectivity index (χ3v) is 2.43. The van der Waals surface area contributed by atoms with E-state index in [9.17, 15) is 4.79 Å². The van der Waals surface area contributed by atoms with Crippen LogP contribution in [0.5, 0.6) is 0 Å². The Morgan fingerprint density at radius 3 is 3.00 bits per heavy atom. The van der Waals surface area contributed by atoms with Crippen LogP contribution in [0.25, 0.3) is 0 Å². The summed E-state index contributed by atoms with van der Waals surface area (Å²) < 4.78 is 5.41. The minimum Gasteiger partial charge on any atom is -0.478 e. The van der Waals surface area contributed by atoms with Crippen LogP contribution in [0.1, 0.15) is 28.9 Å². The third kappa shape index (κ3) is 2.65. The SMILES string of the molecule is CCc1cnc(CNc2cnccc2C(=O)O)o1. The van der Waals surface area contributed by atoms with Crippen molar-refractivity contribution >= 4 is 11.7 Å². The second-order valence-corrected chi connectivity index (χ2v) is 3.65. The maximum absolute atomic E-state index is 11.0. The zero-order chi connectivity index (χ0) is 13.0. The molecule has 0 atom stereocenters. The Labute approximate surface area is 104 Å². The van der Waals surface area contributed by atoms with Gasteiger partial charge in [-0.3, -0.25) is 4.98 Å². The standard InChI is InChI=1S/C12H13N3O3/c1-2-8-5-15-11(18-8)7-14-10-6-13-4-3-9(10)12(16)17/h3-6,14H,2,7H2,1H3,(H,16,17). The van der Waals surface area contributed by atoms with Crippen molar-refractivity contribution in [1.29, 1.82) is 0 Å². The Hall–Kier alpha value is -2.37. The van der Waals surface area contributed by atoms with Gasteiger partial charge in [0.1, 0.15) is 5.76 Å². The lowest BCUT2D eigenvalue weighted by atomic mass is 10.2. The van der Waals surface area contributed by atoms with Crippen LogP contribution in [0, 0.1) is 0 Å². The molecule has 0 radical (unpaired) electrons. The summed E-state index contributed by atoms with van der Waals surface area (Å²) in [4.78, 5) is 18.9. The molecule has 0 aromatic carbocycles. The number of hydrogen-bond acceptors (Lipinski definition) is 5. The number of carboxylic acid groups (broad SMARTS) is 1. The third-order valence-electron chi connectivity index (χ3n) is 2.43. The fraction of sp³-hybridized carbons (Fsp3) is 0.250. The topological polar surface area (TPSA) is 88.2 Å². The zero-order valence-corrected chi connectivity index (χ0v) is 9.88. The van der Waals surface area contributed by atoms with Gasteiger partial charge >= 0.3 is 5.97 Å². The first-order valence-corrected chi connectivity index (χ1v) is 5.55. The largest absolute Gasteiger partial charge is 0.478 e. The molecule has 2 aromatic rings. The Morgan fingerprint density at radius 2 is 2.33 bits per heavy atom. The molecule has 0 aliphatic carbocycles. The lowest BCUT2D eigenvalue weighted by molar-refractivity contribution is 0.0697. The van der Waals surface area contributed by atoms with Crippen LogP contribution in [0.4, 0.5) is 5.69 Å². The smallest absolute Gasteiger partial charge is 0.337 e. The van der Waals surface area contributed by atoms with Gasteiger partial charge in [-0.05, 0) is 6.07 Å². The van der Waals surface area contributed by atoms with E-state index >= 15 is 0 Å². The molecule has 0 fully saturated rings. The zero-order valence-electron chi connectivity index (χ0n) is 9.88. The van der Waals surface area contributed by atoms with E-state index in [2.05, 4.69) is 15.3 Å². The monoisotopic (exact) mass is 247 g/mol. The van der Waals surface area contributed by atoms with Crippen molar-refractivity contribution in [2.75, 3.05) is 5.32 Å². The van der Waals surface area contributed by atoms with E-state index in [-0.39, 0.29) is 5.56 Å². The van der Waals surface area contributed by atoms with E-state index in [1.807, 2.05) is 6.92 Å². The molecule has 0 saturated carbocycles. The molecule has 2 rings (SSSR count). The molecule has 2 aromatic heterocycles. The number of aromatic nitrogens is 2. The van der Waals surface area contributed by atoms with Crippen molar-refractivity contribution in [1.82, 2.24) is 9.97 Å². The molecule has 0 saturated heterocycles. The first kappa shape index (κ1) is 12.1. The van der Waals surface area contributed by atoms with E-state index in [0.717, 1.165) is 12.2 Å². The van der Waals surface area contributed by atoms with E-state index in [1.165, 1.54) is 18.5 Å². The van der Waals surface area contributed by atoms with Crippen LogP contribution >= 0.6 is 0 Å². The fourth-order valence-electron chi connectivity index (χ4n) is 1.49. The minimum atomic E-state index is -0.999. The summed E-state index contributed by atoms with van der Waals surface area (Å²) in [7, 11) is 0. The maximum Gasteiger partial charge on any atom is 0.337 e. The molecule has 0 amide bonds. The number of nitrogens with zero attached hydrogens (tertiary/aromatic N) is 2. The molecule has 18 heavy (non-hydrogen) atoms. The lowest BCUT2D eigenvalue weighted by Gasteiger charge is -2.06. The van der Waals surface area contributed by atoms with E-state index in [4.69, 9.17) is 9.52 Å². The fourth-order valence-corrected chi connectivity index (χ4v) is 1.49. The highest BCUT2D eigenvalue weighted by Gasteiger charge is 2.10. The van der Waals surface area contributed by atoms with Gasteiger partial charge < -0.3 is 14.8 Å². The normalized spacial score (nSPS) is 10.3. The summed E-state index contributed by atoms with van der Waals surface area (Å²) in [6.07, 6.45) is 5.35.